The van der Waals surface area contributed by atoms with Crippen LogP contribution in [0.5, 0.6) is 0 Å². The Hall–Kier alpha value is -0.900. The fourth-order valence-electron chi connectivity index (χ4n) is 2.50. The summed E-state index contributed by atoms with van der Waals surface area (Å²) in [4.78, 5) is 4.65. The number of aromatic amines is 1. The van der Waals surface area contributed by atoms with Gasteiger partial charge in [-0.15, -0.1) is 0 Å². The van der Waals surface area contributed by atoms with E-state index in [9.17, 15) is 0 Å². The molecule has 0 aliphatic carbocycles. The highest BCUT2D eigenvalue weighted by atomic mass is 15.3. The number of rotatable bonds is 4. The summed E-state index contributed by atoms with van der Waals surface area (Å²) in [5, 5.41) is 11.1. The van der Waals surface area contributed by atoms with Gasteiger partial charge >= 0.3 is 0 Å². The van der Waals surface area contributed by atoms with Crippen molar-refractivity contribution in [3.05, 3.63) is 11.6 Å². The van der Waals surface area contributed by atoms with Crippen molar-refractivity contribution in [3.8, 4) is 0 Å². The summed E-state index contributed by atoms with van der Waals surface area (Å²) >= 11 is 0. The lowest BCUT2D eigenvalue weighted by Gasteiger charge is -2.25. The van der Waals surface area contributed by atoms with Crippen LogP contribution in [-0.2, 0) is 5.54 Å². The molecule has 1 aromatic heterocycles. The molecule has 1 fully saturated rings. The van der Waals surface area contributed by atoms with E-state index in [1.54, 1.807) is 0 Å². The average Bonchev–Trinajstić information content (AvgIpc) is 2.85. The van der Waals surface area contributed by atoms with Crippen molar-refractivity contribution in [1.29, 1.82) is 0 Å². The largest absolute Gasteiger partial charge is 0.305 e. The van der Waals surface area contributed by atoms with Crippen molar-refractivity contribution in [2.75, 3.05) is 6.54 Å². The molecule has 16 heavy (non-hydrogen) atoms. The molecule has 1 aliphatic rings. The Labute approximate surface area is 97.2 Å². The van der Waals surface area contributed by atoms with Crippen LogP contribution < -0.4 is 5.32 Å². The molecular weight excluding hydrogens is 200 g/mol. The molecule has 2 N–H and O–H groups in total. The zero-order valence-corrected chi connectivity index (χ0v) is 10.5. The van der Waals surface area contributed by atoms with Crippen molar-refractivity contribution < 1.29 is 0 Å². The Balaban J connectivity index is 2.24. The maximum Gasteiger partial charge on any atom is 0.170 e. The second kappa shape index (κ2) is 4.53. The summed E-state index contributed by atoms with van der Waals surface area (Å²) in [6, 6.07) is 0. The molecule has 1 aromatic rings. The first-order valence-electron chi connectivity index (χ1n) is 6.36. The van der Waals surface area contributed by atoms with Crippen LogP contribution in [0.4, 0.5) is 0 Å². The van der Waals surface area contributed by atoms with Crippen molar-refractivity contribution in [3.63, 3.8) is 0 Å². The van der Waals surface area contributed by atoms with Crippen LogP contribution in [-0.4, -0.2) is 21.7 Å². The molecule has 1 aliphatic heterocycles. The summed E-state index contributed by atoms with van der Waals surface area (Å²) in [5.41, 5.74) is 0.0401. The second-order valence-corrected chi connectivity index (χ2v) is 5.06. The van der Waals surface area contributed by atoms with Crippen LogP contribution in [0.25, 0.3) is 0 Å². The zero-order chi connectivity index (χ0) is 11.6. The topological polar surface area (TPSA) is 53.6 Å². The van der Waals surface area contributed by atoms with E-state index in [0.717, 1.165) is 31.0 Å². The fraction of sp³-hybridized carbons (Fsp3) is 0.833. The van der Waals surface area contributed by atoms with Crippen LogP contribution in [0.15, 0.2) is 0 Å². The molecule has 0 bridgehead atoms. The monoisotopic (exact) mass is 222 g/mol. The minimum Gasteiger partial charge on any atom is -0.305 e. The van der Waals surface area contributed by atoms with E-state index < -0.39 is 0 Å². The minimum atomic E-state index is 0.0401. The maximum absolute atomic E-state index is 4.65. The molecule has 0 radical (unpaired) electrons. The zero-order valence-electron chi connectivity index (χ0n) is 10.5. The molecular formula is C12H22N4. The van der Waals surface area contributed by atoms with Gasteiger partial charge in [-0.25, -0.2) is 4.98 Å². The Bertz CT molecular complexity index is 337. The summed E-state index contributed by atoms with van der Waals surface area (Å²) < 4.78 is 0. The van der Waals surface area contributed by atoms with E-state index in [-0.39, 0.29) is 5.54 Å². The standard InChI is InChI=1S/C12H22N4/c1-4-6-12(7-5-8-13-12)11-14-10(9(2)3)15-16-11/h9,13H,4-8H2,1-3H3,(H,14,15,16). The van der Waals surface area contributed by atoms with Gasteiger partial charge in [0, 0.05) is 5.92 Å². The second-order valence-electron chi connectivity index (χ2n) is 5.06. The highest BCUT2D eigenvalue weighted by Gasteiger charge is 2.38. The predicted molar refractivity (Wildman–Crippen MR) is 64.3 cm³/mol. The van der Waals surface area contributed by atoms with E-state index in [1.807, 2.05) is 0 Å². The van der Waals surface area contributed by atoms with Gasteiger partial charge in [-0.1, -0.05) is 27.2 Å². The molecule has 0 amide bonds. The molecule has 2 heterocycles. The van der Waals surface area contributed by atoms with Crippen LogP contribution in [0.3, 0.4) is 0 Å². The molecule has 1 saturated heterocycles. The van der Waals surface area contributed by atoms with Crippen LogP contribution in [0.1, 0.15) is 64.0 Å². The van der Waals surface area contributed by atoms with Gasteiger partial charge in [-0.3, -0.25) is 5.10 Å². The Morgan fingerprint density at radius 2 is 2.25 bits per heavy atom. The first-order valence-corrected chi connectivity index (χ1v) is 6.36. The van der Waals surface area contributed by atoms with Gasteiger partial charge < -0.3 is 5.32 Å². The molecule has 0 aromatic carbocycles. The van der Waals surface area contributed by atoms with Gasteiger partial charge in [0.15, 0.2) is 5.82 Å². The highest BCUT2D eigenvalue weighted by molar-refractivity contribution is 5.10. The van der Waals surface area contributed by atoms with Crippen LogP contribution in [0.2, 0.25) is 0 Å². The third-order valence-electron chi connectivity index (χ3n) is 3.40. The summed E-state index contributed by atoms with van der Waals surface area (Å²) in [6.07, 6.45) is 4.68. The maximum atomic E-state index is 4.65. The van der Waals surface area contributed by atoms with Crippen LogP contribution >= 0.6 is 0 Å². The smallest absolute Gasteiger partial charge is 0.170 e. The Morgan fingerprint density at radius 3 is 2.75 bits per heavy atom. The summed E-state index contributed by atoms with van der Waals surface area (Å²) in [7, 11) is 0. The first kappa shape index (κ1) is 11.6. The first-order chi connectivity index (χ1) is 7.68. The van der Waals surface area contributed by atoms with Crippen molar-refractivity contribution in [2.24, 2.45) is 0 Å². The van der Waals surface area contributed by atoms with E-state index in [1.165, 1.54) is 12.8 Å². The lowest BCUT2D eigenvalue weighted by atomic mass is 9.91. The van der Waals surface area contributed by atoms with Crippen molar-refractivity contribution in [2.45, 2.75) is 57.9 Å². The molecule has 4 heteroatoms. The van der Waals surface area contributed by atoms with Gasteiger partial charge in [-0.05, 0) is 25.8 Å². The van der Waals surface area contributed by atoms with Crippen molar-refractivity contribution >= 4 is 0 Å². The number of hydrogen-bond donors (Lipinski definition) is 2. The summed E-state index contributed by atoms with van der Waals surface area (Å²) in [5.74, 6) is 2.39. The number of nitrogens with one attached hydrogen (secondary N) is 2. The SMILES string of the molecule is CCCC1(c2n[nH]c(C(C)C)n2)CCCN1. The Kier molecular flexibility index (Phi) is 3.28. The van der Waals surface area contributed by atoms with E-state index in [2.05, 4.69) is 41.3 Å². The van der Waals surface area contributed by atoms with E-state index in [0.29, 0.717) is 5.92 Å². The third-order valence-corrected chi connectivity index (χ3v) is 3.40. The number of H-pyrrole nitrogens is 1. The molecule has 90 valence electrons. The normalized spacial score (nSPS) is 25.5. The molecule has 0 saturated carbocycles. The molecule has 1 unspecified atom stereocenters. The van der Waals surface area contributed by atoms with Gasteiger partial charge in [0.25, 0.3) is 0 Å². The summed E-state index contributed by atoms with van der Waals surface area (Å²) in [6.45, 7) is 7.58. The van der Waals surface area contributed by atoms with E-state index >= 15 is 0 Å². The minimum absolute atomic E-state index is 0.0401. The van der Waals surface area contributed by atoms with Crippen molar-refractivity contribution in [1.82, 2.24) is 20.5 Å². The number of nitrogens with zero attached hydrogens (tertiary/aromatic N) is 2. The quantitative estimate of drug-likeness (QED) is 0.822. The Morgan fingerprint density at radius 1 is 1.44 bits per heavy atom. The third kappa shape index (κ3) is 1.98. The van der Waals surface area contributed by atoms with Gasteiger partial charge in [0.2, 0.25) is 0 Å². The molecule has 2 rings (SSSR count). The number of hydrogen-bond acceptors (Lipinski definition) is 3. The molecule has 0 spiro atoms. The molecule has 4 nitrogen and oxygen atoms in total. The number of aromatic nitrogens is 3. The average molecular weight is 222 g/mol. The fourth-order valence-corrected chi connectivity index (χ4v) is 2.50. The molecule has 1 atom stereocenters. The highest BCUT2D eigenvalue weighted by Crippen LogP contribution is 2.33. The predicted octanol–water partition coefficient (Wildman–Crippen LogP) is 2.31. The van der Waals surface area contributed by atoms with Gasteiger partial charge in [-0.2, -0.15) is 5.10 Å². The van der Waals surface area contributed by atoms with E-state index in [4.69, 9.17) is 0 Å². The lowest BCUT2D eigenvalue weighted by molar-refractivity contribution is 0.335. The van der Waals surface area contributed by atoms with Gasteiger partial charge in [0.05, 0.1) is 5.54 Å². The lowest BCUT2D eigenvalue weighted by Crippen LogP contribution is -2.37. The van der Waals surface area contributed by atoms with Gasteiger partial charge in [0.1, 0.15) is 5.82 Å². The van der Waals surface area contributed by atoms with Crippen LogP contribution in [0, 0.1) is 0 Å².